The van der Waals surface area contributed by atoms with Gasteiger partial charge in [-0.15, -0.1) is 0 Å². The van der Waals surface area contributed by atoms with E-state index in [9.17, 15) is 13.2 Å². The Bertz CT molecular complexity index is 892. The monoisotopic (exact) mass is 393 g/mol. The Morgan fingerprint density at radius 1 is 1.12 bits per heavy atom. The van der Waals surface area contributed by atoms with Crippen LogP contribution in [-0.4, -0.2) is 26.2 Å². The Labute approximate surface area is 158 Å². The minimum absolute atomic E-state index is 0.194. The molecule has 0 aliphatic heterocycles. The van der Waals surface area contributed by atoms with E-state index in [2.05, 4.69) is 5.32 Å². The molecule has 2 aromatic carbocycles. The van der Waals surface area contributed by atoms with Gasteiger partial charge in [0.1, 0.15) is 5.75 Å². The van der Waals surface area contributed by atoms with Crippen LogP contribution in [-0.2, 0) is 14.6 Å². The molecule has 0 spiro atoms. The van der Waals surface area contributed by atoms with Gasteiger partial charge in [-0.3, -0.25) is 4.79 Å². The quantitative estimate of drug-likeness (QED) is 0.802. The highest BCUT2D eigenvalue weighted by Crippen LogP contribution is 2.30. The zero-order valence-electron chi connectivity index (χ0n) is 14.2. The summed E-state index contributed by atoms with van der Waals surface area (Å²) in [7, 11) is -3.35. The molecule has 7 heteroatoms. The molecule has 1 fully saturated rings. The van der Waals surface area contributed by atoms with Gasteiger partial charge in [0.25, 0.3) is 5.91 Å². The van der Waals surface area contributed by atoms with Crippen molar-refractivity contribution in [1.29, 1.82) is 0 Å². The van der Waals surface area contributed by atoms with Crippen LogP contribution in [0.1, 0.15) is 25.7 Å². The smallest absolute Gasteiger partial charge is 0.262 e. The zero-order chi connectivity index (χ0) is 18.6. The first-order valence-electron chi connectivity index (χ1n) is 8.47. The number of benzene rings is 2. The number of amides is 1. The lowest BCUT2D eigenvalue weighted by Gasteiger charge is -2.13. The number of hydrogen-bond donors (Lipinski definition) is 1. The average molecular weight is 394 g/mol. The molecule has 0 unspecified atom stereocenters. The largest absolute Gasteiger partial charge is 0.484 e. The molecule has 3 rings (SSSR count). The molecule has 1 amide bonds. The zero-order valence-corrected chi connectivity index (χ0v) is 15.7. The molecule has 0 radical (unpaired) electrons. The summed E-state index contributed by atoms with van der Waals surface area (Å²) in [4.78, 5) is 12.3. The molecule has 0 atom stereocenters. The molecule has 0 bridgehead atoms. The molecule has 2 aromatic rings. The van der Waals surface area contributed by atoms with Gasteiger partial charge in [0.05, 0.1) is 10.1 Å². The Kier molecular flexibility index (Phi) is 5.84. The third-order valence-corrected chi connectivity index (χ3v) is 6.85. The second-order valence-electron chi connectivity index (χ2n) is 6.27. The van der Waals surface area contributed by atoms with Crippen LogP contribution in [0.5, 0.6) is 5.75 Å². The summed E-state index contributed by atoms with van der Waals surface area (Å²) in [6, 6.07) is 13.1. The molecule has 1 aliphatic carbocycles. The first-order chi connectivity index (χ1) is 12.4. The summed E-state index contributed by atoms with van der Waals surface area (Å²) >= 11 is 5.87. The molecule has 0 saturated heterocycles. The van der Waals surface area contributed by atoms with Crippen molar-refractivity contribution in [3.63, 3.8) is 0 Å². The number of nitrogens with one attached hydrogen (secondary N) is 1. The number of carbonyl (C=O) groups excluding carboxylic acids is 1. The number of halogens is 1. The van der Waals surface area contributed by atoms with Crippen molar-refractivity contribution in [3.8, 4) is 5.75 Å². The van der Waals surface area contributed by atoms with E-state index in [-0.39, 0.29) is 22.7 Å². The summed E-state index contributed by atoms with van der Waals surface area (Å²) < 4.78 is 30.7. The van der Waals surface area contributed by atoms with E-state index >= 15 is 0 Å². The lowest BCUT2D eigenvalue weighted by atomic mass is 10.3. The number of sulfone groups is 1. The van der Waals surface area contributed by atoms with Gasteiger partial charge in [0.2, 0.25) is 0 Å². The molecule has 1 saturated carbocycles. The van der Waals surface area contributed by atoms with Gasteiger partial charge in [-0.05, 0) is 49.2 Å². The standard InChI is InChI=1S/C19H20ClNO4S/c20-14-5-3-7-16(11-14)25-13-19(22)21-15-6-4-10-18(12-15)26(23,24)17-8-1-2-9-17/h3-7,10-12,17H,1-2,8-9,13H2,(H,21,22). The Morgan fingerprint density at radius 3 is 2.58 bits per heavy atom. The van der Waals surface area contributed by atoms with Crippen molar-refractivity contribution in [2.75, 3.05) is 11.9 Å². The summed E-state index contributed by atoms with van der Waals surface area (Å²) in [6.07, 6.45) is 3.29. The fourth-order valence-electron chi connectivity index (χ4n) is 3.04. The molecule has 5 nitrogen and oxygen atoms in total. The van der Waals surface area contributed by atoms with E-state index in [1.165, 1.54) is 6.07 Å². The van der Waals surface area contributed by atoms with Crippen LogP contribution < -0.4 is 10.1 Å². The summed E-state index contributed by atoms with van der Waals surface area (Å²) in [6.45, 7) is -0.194. The molecular weight excluding hydrogens is 374 g/mol. The highest BCUT2D eigenvalue weighted by atomic mass is 35.5. The molecule has 26 heavy (non-hydrogen) atoms. The van der Waals surface area contributed by atoms with Gasteiger partial charge >= 0.3 is 0 Å². The fraction of sp³-hybridized carbons (Fsp3) is 0.316. The topological polar surface area (TPSA) is 72.5 Å². The Hall–Kier alpha value is -2.05. The first-order valence-corrected chi connectivity index (χ1v) is 10.4. The van der Waals surface area contributed by atoms with Crippen molar-refractivity contribution in [2.24, 2.45) is 0 Å². The predicted octanol–water partition coefficient (Wildman–Crippen LogP) is 4.07. The summed E-state index contributed by atoms with van der Waals surface area (Å²) in [5, 5.41) is 2.87. The summed E-state index contributed by atoms with van der Waals surface area (Å²) in [5.41, 5.74) is 0.434. The van der Waals surface area contributed by atoms with E-state index in [0.29, 0.717) is 29.3 Å². The van der Waals surface area contributed by atoms with E-state index in [1.54, 1.807) is 42.5 Å². The maximum absolute atomic E-state index is 12.7. The lowest BCUT2D eigenvalue weighted by Crippen LogP contribution is -2.21. The van der Waals surface area contributed by atoms with Crippen LogP contribution in [0.3, 0.4) is 0 Å². The van der Waals surface area contributed by atoms with E-state index in [1.807, 2.05) is 0 Å². The maximum Gasteiger partial charge on any atom is 0.262 e. The number of rotatable bonds is 6. The fourth-order valence-corrected chi connectivity index (χ4v) is 5.12. The molecule has 1 aliphatic rings. The van der Waals surface area contributed by atoms with E-state index < -0.39 is 9.84 Å². The van der Waals surface area contributed by atoms with Gasteiger partial charge in [-0.2, -0.15) is 0 Å². The highest BCUT2D eigenvalue weighted by molar-refractivity contribution is 7.92. The van der Waals surface area contributed by atoms with E-state index in [4.69, 9.17) is 16.3 Å². The second kappa shape index (κ2) is 8.10. The molecule has 138 valence electrons. The SMILES string of the molecule is O=C(COc1cccc(Cl)c1)Nc1cccc(S(=O)(=O)C2CCCC2)c1. The average Bonchev–Trinajstić information content (AvgIpc) is 3.16. The minimum atomic E-state index is -3.35. The van der Waals surface area contributed by atoms with Crippen LogP contribution in [0.4, 0.5) is 5.69 Å². The number of anilines is 1. The van der Waals surface area contributed by atoms with Gasteiger partial charge in [0, 0.05) is 10.7 Å². The third-order valence-electron chi connectivity index (χ3n) is 4.35. The third kappa shape index (κ3) is 4.56. The number of hydrogen-bond acceptors (Lipinski definition) is 4. The van der Waals surface area contributed by atoms with Crippen LogP contribution in [0.2, 0.25) is 5.02 Å². The molecule has 1 N–H and O–H groups in total. The van der Waals surface area contributed by atoms with E-state index in [0.717, 1.165) is 12.8 Å². The van der Waals surface area contributed by atoms with Crippen molar-refractivity contribution >= 4 is 33.0 Å². The van der Waals surface area contributed by atoms with Crippen molar-refractivity contribution in [1.82, 2.24) is 0 Å². The van der Waals surface area contributed by atoms with Crippen LogP contribution in [0, 0.1) is 0 Å². The number of ether oxygens (including phenoxy) is 1. The summed E-state index contributed by atoms with van der Waals surface area (Å²) in [5.74, 6) is 0.116. The van der Waals surface area contributed by atoms with Gasteiger partial charge < -0.3 is 10.1 Å². The second-order valence-corrected chi connectivity index (χ2v) is 8.94. The molecule has 0 aromatic heterocycles. The first kappa shape index (κ1) is 18.7. The van der Waals surface area contributed by atoms with Crippen LogP contribution in [0.15, 0.2) is 53.4 Å². The minimum Gasteiger partial charge on any atom is -0.484 e. The molecule has 0 heterocycles. The Balaban J connectivity index is 1.64. The Morgan fingerprint density at radius 2 is 1.85 bits per heavy atom. The van der Waals surface area contributed by atoms with Crippen molar-refractivity contribution in [2.45, 2.75) is 35.8 Å². The lowest BCUT2D eigenvalue weighted by molar-refractivity contribution is -0.118. The van der Waals surface area contributed by atoms with Gasteiger partial charge in [-0.1, -0.05) is 36.6 Å². The van der Waals surface area contributed by atoms with Crippen LogP contribution >= 0.6 is 11.6 Å². The molecular formula is C19H20ClNO4S. The number of carbonyl (C=O) groups is 1. The van der Waals surface area contributed by atoms with Crippen molar-refractivity contribution in [3.05, 3.63) is 53.6 Å². The predicted molar refractivity (Wildman–Crippen MR) is 101 cm³/mol. The maximum atomic E-state index is 12.7. The highest BCUT2D eigenvalue weighted by Gasteiger charge is 2.30. The van der Waals surface area contributed by atoms with Crippen molar-refractivity contribution < 1.29 is 17.9 Å². The van der Waals surface area contributed by atoms with Crippen LogP contribution in [0.25, 0.3) is 0 Å². The van der Waals surface area contributed by atoms with Gasteiger partial charge in [0.15, 0.2) is 16.4 Å². The van der Waals surface area contributed by atoms with Gasteiger partial charge in [-0.25, -0.2) is 8.42 Å². The normalized spacial score (nSPS) is 15.0.